The van der Waals surface area contributed by atoms with Crippen LogP contribution in [0.15, 0.2) is 77.7 Å². The maximum absolute atomic E-state index is 13.0. The average Bonchev–Trinajstić information content (AvgIpc) is 3.54. The summed E-state index contributed by atoms with van der Waals surface area (Å²) in [4.78, 5) is 21.0. The molecule has 0 bridgehead atoms. The first-order valence-electron chi connectivity index (χ1n) is 11.5. The minimum absolute atomic E-state index is 0.0772. The number of nitrogens with zero attached hydrogens (tertiary/aromatic N) is 2. The van der Waals surface area contributed by atoms with Crippen LogP contribution in [0.3, 0.4) is 0 Å². The largest absolute Gasteiger partial charge is 0.377 e. The van der Waals surface area contributed by atoms with Crippen molar-refractivity contribution in [2.45, 2.75) is 23.8 Å². The summed E-state index contributed by atoms with van der Waals surface area (Å²) in [5.41, 5.74) is 3.46. The van der Waals surface area contributed by atoms with E-state index in [0.717, 1.165) is 29.4 Å². The van der Waals surface area contributed by atoms with E-state index in [1.54, 1.807) is 13.1 Å². The highest BCUT2D eigenvalue weighted by Crippen LogP contribution is 2.28. The van der Waals surface area contributed by atoms with Gasteiger partial charge in [-0.15, -0.1) is 0 Å². The predicted octanol–water partition coefficient (Wildman–Crippen LogP) is 4.28. The van der Waals surface area contributed by atoms with Gasteiger partial charge in [0, 0.05) is 31.3 Å². The molecule has 5 rings (SSSR count). The van der Waals surface area contributed by atoms with Crippen LogP contribution in [0.2, 0.25) is 0 Å². The molecule has 180 valence electrons. The standard InChI is InChI=1S/C26H26N4O4S/c1-30(17-19-7-6-16-34-19)35(32,33)20-14-12-18(13-15-20)26(31)29-22-9-3-2-8-21(22)25-27-23-10-4-5-11-24(23)28-25/h2-5,8-15,19H,6-7,16-17H2,1H3,(H,27,28)(H,29,31)/t19-/m0/s1. The maximum Gasteiger partial charge on any atom is 0.255 e. The molecule has 1 amide bonds. The average molecular weight is 491 g/mol. The summed E-state index contributed by atoms with van der Waals surface area (Å²) < 4.78 is 32.7. The van der Waals surface area contributed by atoms with E-state index in [4.69, 9.17) is 4.74 Å². The van der Waals surface area contributed by atoms with Crippen LogP contribution in [0.5, 0.6) is 0 Å². The van der Waals surface area contributed by atoms with Crippen molar-refractivity contribution in [3.8, 4) is 11.4 Å². The Hall–Kier alpha value is -3.53. The molecule has 4 aromatic rings. The normalized spacial score (nSPS) is 16.1. The molecule has 3 aromatic carbocycles. The summed E-state index contributed by atoms with van der Waals surface area (Å²) in [5, 5.41) is 2.92. The van der Waals surface area contributed by atoms with E-state index in [9.17, 15) is 13.2 Å². The van der Waals surface area contributed by atoms with Crippen molar-refractivity contribution < 1.29 is 17.9 Å². The highest BCUT2D eigenvalue weighted by atomic mass is 32.2. The zero-order chi connectivity index (χ0) is 24.4. The number of hydrogen-bond acceptors (Lipinski definition) is 5. The van der Waals surface area contributed by atoms with Gasteiger partial charge in [-0.25, -0.2) is 13.4 Å². The smallest absolute Gasteiger partial charge is 0.255 e. The number of benzene rings is 3. The Balaban J connectivity index is 1.33. The van der Waals surface area contributed by atoms with Crippen molar-refractivity contribution in [3.63, 3.8) is 0 Å². The lowest BCUT2D eigenvalue weighted by Crippen LogP contribution is -2.34. The number of hydrogen-bond donors (Lipinski definition) is 2. The van der Waals surface area contributed by atoms with Gasteiger partial charge in [0.05, 0.1) is 27.7 Å². The second-order valence-electron chi connectivity index (χ2n) is 8.55. The SMILES string of the molecule is CN(C[C@@H]1CCCO1)S(=O)(=O)c1ccc(C(=O)Nc2ccccc2-c2nc3ccccc3[nH]2)cc1. The number of sulfonamides is 1. The zero-order valence-corrected chi connectivity index (χ0v) is 20.1. The van der Waals surface area contributed by atoms with Crippen LogP contribution in [0.4, 0.5) is 5.69 Å². The van der Waals surface area contributed by atoms with Crippen molar-refractivity contribution in [2.24, 2.45) is 0 Å². The third-order valence-electron chi connectivity index (χ3n) is 6.13. The summed E-state index contributed by atoms with van der Waals surface area (Å²) in [6.45, 7) is 0.977. The van der Waals surface area contributed by atoms with Gasteiger partial charge in [0.15, 0.2) is 0 Å². The quantitative estimate of drug-likeness (QED) is 0.402. The molecular weight excluding hydrogens is 464 g/mol. The first-order chi connectivity index (χ1) is 16.9. The minimum Gasteiger partial charge on any atom is -0.377 e. The third-order valence-corrected chi connectivity index (χ3v) is 7.97. The lowest BCUT2D eigenvalue weighted by Gasteiger charge is -2.20. The fraction of sp³-hybridized carbons (Fsp3) is 0.231. The van der Waals surface area contributed by atoms with Crippen LogP contribution < -0.4 is 5.32 Å². The Kier molecular flexibility index (Phi) is 6.38. The number of aromatic amines is 1. The fourth-order valence-corrected chi connectivity index (χ4v) is 5.41. The molecule has 35 heavy (non-hydrogen) atoms. The summed E-state index contributed by atoms with van der Waals surface area (Å²) in [5.74, 6) is 0.308. The zero-order valence-electron chi connectivity index (χ0n) is 19.3. The van der Waals surface area contributed by atoms with Crippen molar-refractivity contribution in [1.29, 1.82) is 0 Å². The Morgan fingerprint density at radius 2 is 1.83 bits per heavy atom. The number of ether oxygens (including phenoxy) is 1. The molecule has 1 aromatic heterocycles. The summed E-state index contributed by atoms with van der Waals surface area (Å²) >= 11 is 0. The molecule has 8 nitrogen and oxygen atoms in total. The number of rotatable bonds is 7. The minimum atomic E-state index is -3.67. The lowest BCUT2D eigenvalue weighted by molar-refractivity contribution is 0.0979. The van der Waals surface area contributed by atoms with Crippen molar-refractivity contribution in [2.75, 3.05) is 25.5 Å². The molecular formula is C26H26N4O4S. The first-order valence-corrected chi connectivity index (χ1v) is 12.9. The van der Waals surface area contributed by atoms with Crippen LogP contribution in [-0.4, -0.2) is 54.9 Å². The Labute approximate surface area is 204 Å². The van der Waals surface area contributed by atoms with Gasteiger partial charge < -0.3 is 15.0 Å². The Morgan fingerprint density at radius 1 is 1.09 bits per heavy atom. The van der Waals surface area contributed by atoms with Gasteiger partial charge >= 0.3 is 0 Å². The van der Waals surface area contributed by atoms with E-state index in [1.807, 2.05) is 42.5 Å². The van der Waals surface area contributed by atoms with Crippen molar-refractivity contribution in [3.05, 3.63) is 78.4 Å². The summed E-state index contributed by atoms with van der Waals surface area (Å²) in [6, 6.07) is 21.1. The topological polar surface area (TPSA) is 104 Å². The summed E-state index contributed by atoms with van der Waals surface area (Å²) in [7, 11) is -2.13. The van der Waals surface area contributed by atoms with Gasteiger partial charge in [-0.05, 0) is 61.4 Å². The van der Waals surface area contributed by atoms with E-state index >= 15 is 0 Å². The fourth-order valence-electron chi connectivity index (χ4n) is 4.20. The van der Waals surface area contributed by atoms with E-state index in [0.29, 0.717) is 30.2 Å². The van der Waals surface area contributed by atoms with Gasteiger partial charge in [-0.1, -0.05) is 24.3 Å². The van der Waals surface area contributed by atoms with E-state index in [2.05, 4.69) is 15.3 Å². The number of nitrogens with one attached hydrogen (secondary N) is 2. The second-order valence-corrected chi connectivity index (χ2v) is 10.6. The molecule has 1 aliphatic rings. The van der Waals surface area contributed by atoms with Crippen LogP contribution in [-0.2, 0) is 14.8 Å². The van der Waals surface area contributed by atoms with E-state index in [-0.39, 0.29) is 16.9 Å². The first kappa shape index (κ1) is 23.2. The molecule has 9 heteroatoms. The van der Waals surface area contributed by atoms with Crippen LogP contribution in [0.1, 0.15) is 23.2 Å². The van der Waals surface area contributed by atoms with Crippen molar-refractivity contribution in [1.82, 2.24) is 14.3 Å². The van der Waals surface area contributed by atoms with Crippen LogP contribution in [0.25, 0.3) is 22.4 Å². The number of para-hydroxylation sites is 3. The molecule has 0 unspecified atom stereocenters. The Morgan fingerprint density at radius 3 is 2.57 bits per heavy atom. The predicted molar refractivity (Wildman–Crippen MR) is 135 cm³/mol. The molecule has 0 radical (unpaired) electrons. The number of imidazole rings is 1. The molecule has 2 heterocycles. The highest BCUT2D eigenvalue weighted by Gasteiger charge is 2.26. The van der Waals surface area contributed by atoms with Crippen molar-refractivity contribution >= 4 is 32.7 Å². The summed E-state index contributed by atoms with van der Waals surface area (Å²) in [6.07, 6.45) is 1.72. The number of H-pyrrole nitrogens is 1. The van der Waals surface area contributed by atoms with Gasteiger partial charge in [0.2, 0.25) is 10.0 Å². The number of fused-ring (bicyclic) bond motifs is 1. The van der Waals surface area contributed by atoms with Gasteiger partial charge in [-0.2, -0.15) is 4.31 Å². The third kappa shape index (κ3) is 4.84. The molecule has 1 saturated heterocycles. The molecule has 1 aliphatic heterocycles. The molecule has 0 spiro atoms. The second kappa shape index (κ2) is 9.61. The molecule has 2 N–H and O–H groups in total. The monoisotopic (exact) mass is 490 g/mol. The van der Waals surface area contributed by atoms with Crippen LogP contribution >= 0.6 is 0 Å². The number of amides is 1. The van der Waals surface area contributed by atoms with Crippen LogP contribution in [0, 0.1) is 0 Å². The molecule has 0 saturated carbocycles. The van der Waals surface area contributed by atoms with Gasteiger partial charge in [0.25, 0.3) is 5.91 Å². The number of carbonyl (C=O) groups excluding carboxylic acids is 1. The molecule has 1 atom stereocenters. The lowest BCUT2D eigenvalue weighted by atomic mass is 10.1. The molecule has 0 aliphatic carbocycles. The number of anilines is 1. The van der Waals surface area contributed by atoms with Gasteiger partial charge in [0.1, 0.15) is 5.82 Å². The van der Waals surface area contributed by atoms with E-state index in [1.165, 1.54) is 28.6 Å². The highest BCUT2D eigenvalue weighted by molar-refractivity contribution is 7.89. The number of aromatic nitrogens is 2. The molecule has 1 fully saturated rings. The number of likely N-dealkylation sites (N-methyl/N-ethyl adjacent to an activating group) is 1. The van der Waals surface area contributed by atoms with E-state index < -0.39 is 10.0 Å². The number of carbonyl (C=O) groups is 1. The van der Waals surface area contributed by atoms with Gasteiger partial charge in [-0.3, -0.25) is 4.79 Å². The maximum atomic E-state index is 13.0. The Bertz CT molecular complexity index is 1430.